The van der Waals surface area contributed by atoms with Crippen LogP contribution in [0.3, 0.4) is 0 Å². The van der Waals surface area contributed by atoms with E-state index in [1.807, 2.05) is 18.2 Å². The molecule has 0 bridgehead atoms. The van der Waals surface area contributed by atoms with Gasteiger partial charge in [0.25, 0.3) is 5.56 Å². The van der Waals surface area contributed by atoms with Crippen LogP contribution < -0.4 is 5.56 Å². The van der Waals surface area contributed by atoms with Crippen LogP contribution in [0.2, 0.25) is 0 Å². The molecule has 0 saturated carbocycles. The summed E-state index contributed by atoms with van der Waals surface area (Å²) < 4.78 is 1.59. The van der Waals surface area contributed by atoms with Crippen molar-refractivity contribution in [1.82, 2.24) is 4.57 Å². The Hall–Kier alpha value is -1.87. The number of rotatable bonds is 3. The van der Waals surface area contributed by atoms with E-state index >= 15 is 0 Å². The van der Waals surface area contributed by atoms with E-state index in [9.17, 15) is 9.90 Å². The fourth-order valence-corrected chi connectivity index (χ4v) is 2.30. The number of hydrogen-bond donors (Lipinski definition) is 1. The number of aryl methyl sites for hydroxylation is 1. The zero-order valence-electron chi connectivity index (χ0n) is 12.5. The van der Waals surface area contributed by atoms with Crippen molar-refractivity contribution >= 4 is 0 Å². The Morgan fingerprint density at radius 3 is 2.20 bits per heavy atom. The topological polar surface area (TPSA) is 42.2 Å². The van der Waals surface area contributed by atoms with Crippen LogP contribution in [-0.2, 0) is 19.1 Å². The van der Waals surface area contributed by atoms with Gasteiger partial charge in [-0.1, -0.05) is 31.2 Å². The van der Waals surface area contributed by atoms with Gasteiger partial charge in [0, 0.05) is 12.6 Å². The van der Waals surface area contributed by atoms with Gasteiger partial charge < -0.3 is 9.67 Å². The summed E-state index contributed by atoms with van der Waals surface area (Å²) in [6.45, 7) is 5.36. The third-order valence-corrected chi connectivity index (χ3v) is 3.62. The molecule has 1 aromatic carbocycles. The first-order chi connectivity index (χ1) is 9.34. The van der Waals surface area contributed by atoms with Gasteiger partial charge in [-0.3, -0.25) is 4.79 Å². The minimum atomic E-state index is -1.13. The number of pyridine rings is 1. The maximum atomic E-state index is 12.3. The molecule has 0 saturated heterocycles. The molecular weight excluding hydrogens is 250 g/mol. The van der Waals surface area contributed by atoms with Gasteiger partial charge in [-0.05, 0) is 43.5 Å². The van der Waals surface area contributed by atoms with E-state index < -0.39 is 5.60 Å². The lowest BCUT2D eigenvalue weighted by Crippen LogP contribution is -2.31. The summed E-state index contributed by atoms with van der Waals surface area (Å²) in [4.78, 5) is 12.3. The van der Waals surface area contributed by atoms with Crippen LogP contribution in [0.15, 0.2) is 41.2 Å². The van der Waals surface area contributed by atoms with Gasteiger partial charge >= 0.3 is 0 Å². The molecule has 1 heterocycles. The van der Waals surface area contributed by atoms with Crippen LogP contribution in [0.25, 0.3) is 11.3 Å². The Morgan fingerprint density at radius 1 is 1.10 bits per heavy atom. The summed E-state index contributed by atoms with van der Waals surface area (Å²) in [6.07, 6.45) is 0.997. The number of benzene rings is 1. The second-order valence-corrected chi connectivity index (χ2v) is 5.61. The zero-order valence-corrected chi connectivity index (χ0v) is 12.5. The molecule has 0 aliphatic rings. The molecule has 0 aliphatic heterocycles. The smallest absolute Gasteiger partial charge is 0.256 e. The molecule has 0 amide bonds. The van der Waals surface area contributed by atoms with E-state index in [4.69, 9.17) is 0 Å². The zero-order chi connectivity index (χ0) is 14.9. The van der Waals surface area contributed by atoms with Crippen molar-refractivity contribution in [3.8, 4) is 11.3 Å². The van der Waals surface area contributed by atoms with E-state index in [1.54, 1.807) is 31.5 Å². The molecule has 0 fully saturated rings. The van der Waals surface area contributed by atoms with Crippen molar-refractivity contribution in [3.05, 3.63) is 57.9 Å². The standard InChI is InChI=1S/C17H21NO2/c1-5-12-6-8-13(9-7-12)15-11-10-14(17(2,3)20)16(19)18(15)4/h6-11,20H,5H2,1-4H3. The molecule has 2 rings (SSSR count). The Labute approximate surface area is 119 Å². The van der Waals surface area contributed by atoms with Gasteiger partial charge in [0.05, 0.1) is 11.3 Å². The van der Waals surface area contributed by atoms with Gasteiger partial charge in [0.2, 0.25) is 0 Å². The first kappa shape index (κ1) is 14.5. The van der Waals surface area contributed by atoms with Crippen molar-refractivity contribution in [2.75, 3.05) is 0 Å². The Morgan fingerprint density at radius 2 is 1.70 bits per heavy atom. The summed E-state index contributed by atoms with van der Waals surface area (Å²) in [5.41, 5.74) is 2.25. The summed E-state index contributed by atoms with van der Waals surface area (Å²) in [6, 6.07) is 11.8. The van der Waals surface area contributed by atoms with E-state index in [1.165, 1.54) is 5.56 Å². The number of hydrogen-bond acceptors (Lipinski definition) is 2. The maximum Gasteiger partial charge on any atom is 0.256 e. The molecule has 1 N–H and O–H groups in total. The minimum absolute atomic E-state index is 0.158. The predicted octanol–water partition coefficient (Wildman–Crippen LogP) is 2.84. The molecule has 0 radical (unpaired) electrons. The van der Waals surface area contributed by atoms with Crippen molar-refractivity contribution < 1.29 is 5.11 Å². The fourth-order valence-electron chi connectivity index (χ4n) is 2.30. The summed E-state index contributed by atoms with van der Waals surface area (Å²) >= 11 is 0. The lowest BCUT2D eigenvalue weighted by atomic mass is 9.98. The Bertz CT molecular complexity index is 661. The highest BCUT2D eigenvalue weighted by atomic mass is 16.3. The van der Waals surface area contributed by atoms with Crippen molar-refractivity contribution in [1.29, 1.82) is 0 Å². The highest BCUT2D eigenvalue weighted by Gasteiger charge is 2.21. The van der Waals surface area contributed by atoms with Crippen LogP contribution in [0.1, 0.15) is 31.9 Å². The van der Waals surface area contributed by atoms with Crippen LogP contribution in [0.5, 0.6) is 0 Å². The first-order valence-corrected chi connectivity index (χ1v) is 6.86. The first-order valence-electron chi connectivity index (χ1n) is 6.86. The average Bonchev–Trinajstić information content (AvgIpc) is 2.40. The number of nitrogens with zero attached hydrogens (tertiary/aromatic N) is 1. The molecule has 0 unspecified atom stereocenters. The van der Waals surface area contributed by atoms with Crippen LogP contribution in [0.4, 0.5) is 0 Å². The average molecular weight is 271 g/mol. The number of aliphatic hydroxyl groups is 1. The molecular formula is C17H21NO2. The largest absolute Gasteiger partial charge is 0.386 e. The van der Waals surface area contributed by atoms with Crippen LogP contribution in [-0.4, -0.2) is 9.67 Å². The molecule has 3 heteroatoms. The molecule has 0 aliphatic carbocycles. The second kappa shape index (κ2) is 5.25. The Kier molecular flexibility index (Phi) is 3.82. The van der Waals surface area contributed by atoms with Crippen LogP contribution in [0, 0.1) is 0 Å². The molecule has 0 atom stereocenters. The lowest BCUT2D eigenvalue weighted by Gasteiger charge is -2.19. The van der Waals surface area contributed by atoms with E-state index in [0.717, 1.165) is 17.7 Å². The molecule has 20 heavy (non-hydrogen) atoms. The third kappa shape index (κ3) is 2.68. The number of aromatic nitrogens is 1. The molecule has 106 valence electrons. The van der Waals surface area contributed by atoms with Gasteiger partial charge in [0.1, 0.15) is 0 Å². The molecule has 3 nitrogen and oxygen atoms in total. The minimum Gasteiger partial charge on any atom is -0.386 e. The molecule has 0 spiro atoms. The van der Waals surface area contributed by atoms with Crippen molar-refractivity contribution in [2.45, 2.75) is 32.8 Å². The quantitative estimate of drug-likeness (QED) is 0.932. The fraction of sp³-hybridized carbons (Fsp3) is 0.353. The monoisotopic (exact) mass is 271 g/mol. The van der Waals surface area contributed by atoms with E-state index in [0.29, 0.717) is 5.56 Å². The molecule has 2 aromatic rings. The van der Waals surface area contributed by atoms with Crippen molar-refractivity contribution in [2.24, 2.45) is 7.05 Å². The maximum absolute atomic E-state index is 12.3. The third-order valence-electron chi connectivity index (χ3n) is 3.62. The highest BCUT2D eigenvalue weighted by Crippen LogP contribution is 2.22. The Balaban J connectivity index is 2.54. The van der Waals surface area contributed by atoms with Gasteiger partial charge in [-0.15, -0.1) is 0 Å². The highest BCUT2D eigenvalue weighted by molar-refractivity contribution is 5.60. The second-order valence-electron chi connectivity index (χ2n) is 5.61. The predicted molar refractivity (Wildman–Crippen MR) is 81.7 cm³/mol. The summed E-state index contributed by atoms with van der Waals surface area (Å²) in [7, 11) is 1.74. The SMILES string of the molecule is CCc1ccc(-c2ccc(C(C)(C)O)c(=O)n2C)cc1. The van der Waals surface area contributed by atoms with Crippen LogP contribution >= 0.6 is 0 Å². The lowest BCUT2D eigenvalue weighted by molar-refractivity contribution is 0.0766. The van der Waals surface area contributed by atoms with E-state index in [-0.39, 0.29) is 5.56 Å². The molecule has 1 aromatic heterocycles. The van der Waals surface area contributed by atoms with E-state index in [2.05, 4.69) is 19.1 Å². The summed E-state index contributed by atoms with van der Waals surface area (Å²) in [5.74, 6) is 0. The van der Waals surface area contributed by atoms with Gasteiger partial charge in [0.15, 0.2) is 0 Å². The van der Waals surface area contributed by atoms with Gasteiger partial charge in [-0.25, -0.2) is 0 Å². The normalized spacial score (nSPS) is 11.7. The van der Waals surface area contributed by atoms with Gasteiger partial charge in [-0.2, -0.15) is 0 Å². The summed E-state index contributed by atoms with van der Waals surface area (Å²) in [5, 5.41) is 10.0. The van der Waals surface area contributed by atoms with Crippen molar-refractivity contribution in [3.63, 3.8) is 0 Å².